The molecule has 1 aromatic carbocycles. The minimum absolute atomic E-state index is 0.212. The van der Waals surface area contributed by atoms with Gasteiger partial charge in [0.05, 0.1) is 25.2 Å². The first-order chi connectivity index (χ1) is 12.0. The van der Waals surface area contributed by atoms with Gasteiger partial charge in [-0.1, -0.05) is 30.3 Å². The first-order valence-corrected chi connectivity index (χ1v) is 8.16. The van der Waals surface area contributed by atoms with Crippen LogP contribution < -0.4 is 0 Å². The van der Waals surface area contributed by atoms with Crippen molar-refractivity contribution in [3.8, 4) is 0 Å². The fourth-order valence-electron chi connectivity index (χ4n) is 2.89. The smallest absolute Gasteiger partial charge is 0.410 e. The van der Waals surface area contributed by atoms with Crippen molar-refractivity contribution in [2.24, 2.45) is 0 Å². The average Bonchev–Trinajstić information content (AvgIpc) is 3.19. The topological polar surface area (TPSA) is 91.9 Å². The Morgan fingerprint density at radius 1 is 1.36 bits per heavy atom. The van der Waals surface area contributed by atoms with E-state index in [4.69, 9.17) is 9.15 Å². The number of amides is 1. The van der Waals surface area contributed by atoms with Gasteiger partial charge >= 0.3 is 6.09 Å². The number of carbonyl (C=O) groups is 1. The Labute approximate surface area is 146 Å². The van der Waals surface area contributed by atoms with Crippen LogP contribution in [0.3, 0.4) is 0 Å². The van der Waals surface area contributed by atoms with E-state index in [0.717, 1.165) is 5.56 Å². The molecule has 25 heavy (non-hydrogen) atoms. The summed E-state index contributed by atoms with van der Waals surface area (Å²) in [6.07, 6.45) is -1.08. The van der Waals surface area contributed by atoms with Gasteiger partial charge in [-0.25, -0.2) is 4.79 Å². The molecule has 1 aliphatic heterocycles. The van der Waals surface area contributed by atoms with Crippen LogP contribution in [-0.4, -0.2) is 63.5 Å². The maximum Gasteiger partial charge on any atom is 0.410 e. The molecule has 1 fully saturated rings. The van der Waals surface area contributed by atoms with Crippen molar-refractivity contribution in [1.82, 2.24) is 20.0 Å². The molecule has 2 atom stereocenters. The SMILES string of the molecule is Cc1nnc(CN(C)[C@@H]2CN(C(=O)OCc3ccccc3)C[C@H]2O)o1. The summed E-state index contributed by atoms with van der Waals surface area (Å²) in [5, 5.41) is 18.0. The second-order valence-corrected chi connectivity index (χ2v) is 6.21. The fourth-order valence-corrected chi connectivity index (χ4v) is 2.89. The van der Waals surface area contributed by atoms with Gasteiger partial charge in [0.1, 0.15) is 6.61 Å². The van der Waals surface area contributed by atoms with Crippen LogP contribution in [0.5, 0.6) is 0 Å². The van der Waals surface area contributed by atoms with E-state index in [1.807, 2.05) is 42.3 Å². The summed E-state index contributed by atoms with van der Waals surface area (Å²) in [5.41, 5.74) is 0.927. The Morgan fingerprint density at radius 3 is 2.80 bits per heavy atom. The molecule has 1 saturated heterocycles. The minimum atomic E-state index is -0.654. The van der Waals surface area contributed by atoms with Crippen molar-refractivity contribution < 1.29 is 19.1 Å². The van der Waals surface area contributed by atoms with Gasteiger partial charge in [-0.3, -0.25) is 4.90 Å². The van der Waals surface area contributed by atoms with Crippen LogP contribution in [0.15, 0.2) is 34.7 Å². The molecule has 8 heteroatoms. The maximum absolute atomic E-state index is 12.2. The lowest BCUT2D eigenvalue weighted by Crippen LogP contribution is -2.40. The number of hydrogen-bond acceptors (Lipinski definition) is 7. The Morgan fingerprint density at radius 2 is 2.12 bits per heavy atom. The van der Waals surface area contributed by atoms with Crippen molar-refractivity contribution in [1.29, 1.82) is 0 Å². The monoisotopic (exact) mass is 346 g/mol. The van der Waals surface area contributed by atoms with E-state index < -0.39 is 12.2 Å². The Hall–Kier alpha value is -2.45. The van der Waals surface area contributed by atoms with Gasteiger partial charge in [0.25, 0.3) is 0 Å². The first kappa shape index (κ1) is 17.4. The number of aliphatic hydroxyl groups excluding tert-OH is 1. The Kier molecular flexibility index (Phi) is 5.30. The number of ether oxygens (including phenoxy) is 1. The molecule has 1 aromatic heterocycles. The Bertz CT molecular complexity index is 706. The summed E-state index contributed by atoms with van der Waals surface area (Å²) in [5.74, 6) is 0.985. The van der Waals surface area contributed by atoms with E-state index in [0.29, 0.717) is 24.9 Å². The van der Waals surface area contributed by atoms with E-state index in [2.05, 4.69) is 10.2 Å². The van der Waals surface area contributed by atoms with Gasteiger partial charge in [0.2, 0.25) is 11.8 Å². The summed E-state index contributed by atoms with van der Waals surface area (Å²) >= 11 is 0. The lowest BCUT2D eigenvalue weighted by Gasteiger charge is -2.24. The zero-order chi connectivity index (χ0) is 17.8. The molecule has 8 nitrogen and oxygen atoms in total. The van der Waals surface area contributed by atoms with Crippen LogP contribution in [0.25, 0.3) is 0 Å². The summed E-state index contributed by atoms with van der Waals surface area (Å²) in [7, 11) is 1.85. The fraction of sp³-hybridized carbons (Fsp3) is 0.471. The second kappa shape index (κ2) is 7.62. The molecule has 0 saturated carbocycles. The molecule has 2 heterocycles. The average molecular weight is 346 g/mol. The molecule has 0 bridgehead atoms. The van der Waals surface area contributed by atoms with Crippen molar-refractivity contribution in [3.63, 3.8) is 0 Å². The summed E-state index contributed by atoms with van der Waals surface area (Å²) in [6.45, 7) is 2.98. The minimum Gasteiger partial charge on any atom is -0.445 e. The van der Waals surface area contributed by atoms with Gasteiger partial charge < -0.3 is 19.2 Å². The van der Waals surface area contributed by atoms with Crippen LogP contribution in [0.1, 0.15) is 17.3 Å². The van der Waals surface area contributed by atoms with Gasteiger partial charge in [-0.15, -0.1) is 10.2 Å². The van der Waals surface area contributed by atoms with Gasteiger partial charge in [-0.2, -0.15) is 0 Å². The highest BCUT2D eigenvalue weighted by Gasteiger charge is 2.37. The van der Waals surface area contributed by atoms with Gasteiger partial charge in [0.15, 0.2) is 0 Å². The third-order valence-corrected chi connectivity index (χ3v) is 4.24. The van der Waals surface area contributed by atoms with E-state index in [1.54, 1.807) is 6.92 Å². The predicted octanol–water partition coefficient (Wildman–Crippen LogP) is 1.19. The lowest BCUT2D eigenvalue weighted by atomic mass is 10.2. The molecule has 3 rings (SSSR count). The highest BCUT2D eigenvalue weighted by atomic mass is 16.6. The van der Waals surface area contributed by atoms with Crippen molar-refractivity contribution in [2.75, 3.05) is 20.1 Å². The highest BCUT2D eigenvalue weighted by molar-refractivity contribution is 5.68. The zero-order valence-corrected chi connectivity index (χ0v) is 14.3. The summed E-state index contributed by atoms with van der Waals surface area (Å²) < 4.78 is 10.7. The second-order valence-electron chi connectivity index (χ2n) is 6.21. The number of carbonyl (C=O) groups excluding carboxylic acids is 1. The number of nitrogens with zero attached hydrogens (tertiary/aromatic N) is 4. The van der Waals surface area contributed by atoms with Crippen LogP contribution >= 0.6 is 0 Å². The van der Waals surface area contributed by atoms with Crippen LogP contribution in [-0.2, 0) is 17.9 Å². The van der Waals surface area contributed by atoms with Gasteiger partial charge in [0, 0.05) is 13.5 Å². The number of rotatable bonds is 5. The third kappa shape index (κ3) is 4.34. The van der Waals surface area contributed by atoms with E-state index in [9.17, 15) is 9.90 Å². The largest absolute Gasteiger partial charge is 0.445 e. The lowest BCUT2D eigenvalue weighted by molar-refractivity contribution is 0.0879. The maximum atomic E-state index is 12.2. The van der Waals surface area contributed by atoms with Crippen molar-refractivity contribution >= 4 is 6.09 Å². The Balaban J connectivity index is 1.52. The van der Waals surface area contributed by atoms with Crippen molar-refractivity contribution in [2.45, 2.75) is 32.2 Å². The molecule has 0 radical (unpaired) electrons. The molecule has 0 aliphatic carbocycles. The number of aromatic nitrogens is 2. The third-order valence-electron chi connectivity index (χ3n) is 4.24. The predicted molar refractivity (Wildman–Crippen MR) is 88.5 cm³/mol. The quantitative estimate of drug-likeness (QED) is 0.869. The van der Waals surface area contributed by atoms with E-state index in [1.165, 1.54) is 4.90 Å². The van der Waals surface area contributed by atoms with E-state index in [-0.39, 0.29) is 19.2 Å². The molecule has 1 N–H and O–H groups in total. The first-order valence-electron chi connectivity index (χ1n) is 8.16. The number of benzene rings is 1. The standard InChI is InChI=1S/C17H22N4O4/c1-12-18-19-16(25-12)10-20(2)14-8-21(9-15(14)22)17(23)24-11-13-6-4-3-5-7-13/h3-7,14-15,22H,8-11H2,1-2H3/t14-,15-/m1/s1. The number of aliphatic hydroxyl groups is 1. The highest BCUT2D eigenvalue weighted by Crippen LogP contribution is 2.18. The van der Waals surface area contributed by atoms with Crippen LogP contribution in [0.2, 0.25) is 0 Å². The van der Waals surface area contributed by atoms with Crippen molar-refractivity contribution in [3.05, 3.63) is 47.7 Å². The number of likely N-dealkylation sites (N-methyl/N-ethyl adjacent to an activating group) is 1. The molecule has 1 aliphatic rings. The molecular weight excluding hydrogens is 324 g/mol. The number of likely N-dealkylation sites (tertiary alicyclic amines) is 1. The molecule has 0 unspecified atom stereocenters. The summed E-state index contributed by atoms with van der Waals surface area (Å²) in [6, 6.07) is 9.29. The molecule has 1 amide bonds. The van der Waals surface area contributed by atoms with Gasteiger partial charge in [-0.05, 0) is 12.6 Å². The van der Waals surface area contributed by atoms with Crippen LogP contribution in [0, 0.1) is 6.92 Å². The molecule has 0 spiro atoms. The summed E-state index contributed by atoms with van der Waals surface area (Å²) in [4.78, 5) is 15.7. The number of aryl methyl sites for hydroxylation is 1. The van der Waals surface area contributed by atoms with Crippen LogP contribution in [0.4, 0.5) is 4.79 Å². The number of β-amino-alcohol motifs (C(OH)–C–C–N with tert-alkyl or cyclic N) is 1. The van der Waals surface area contributed by atoms with E-state index >= 15 is 0 Å². The molecule has 134 valence electrons. The zero-order valence-electron chi connectivity index (χ0n) is 14.3. The molecular formula is C17H22N4O4. The molecule has 2 aromatic rings. The number of hydrogen-bond donors (Lipinski definition) is 1. The normalized spacial score (nSPS) is 20.2.